The normalized spacial score (nSPS) is 15.9. The Labute approximate surface area is 84.9 Å². The molecule has 0 aromatic carbocycles. The minimum atomic E-state index is -0.214. The van der Waals surface area contributed by atoms with Crippen LogP contribution in [0.25, 0.3) is 0 Å². The minimum Gasteiger partial charge on any atom is -0.465 e. The molecule has 3 N–H and O–H groups in total. The van der Waals surface area contributed by atoms with Gasteiger partial charge in [0.25, 0.3) is 0 Å². The van der Waals surface area contributed by atoms with Crippen LogP contribution in [0.4, 0.5) is 0 Å². The summed E-state index contributed by atoms with van der Waals surface area (Å²) in [6, 6.07) is 3.56. The summed E-state index contributed by atoms with van der Waals surface area (Å²) >= 11 is 0. The van der Waals surface area contributed by atoms with Crippen molar-refractivity contribution in [1.82, 2.24) is 0 Å². The molecule has 0 bridgehead atoms. The van der Waals surface area contributed by atoms with Gasteiger partial charge in [-0.2, -0.15) is 0 Å². The van der Waals surface area contributed by atoms with Crippen molar-refractivity contribution in [3.05, 3.63) is 23.7 Å². The molecule has 1 heterocycles. The van der Waals surface area contributed by atoms with E-state index in [4.69, 9.17) is 10.2 Å². The monoisotopic (exact) mass is 197 g/mol. The van der Waals surface area contributed by atoms with Crippen molar-refractivity contribution in [2.75, 3.05) is 6.61 Å². The average molecular weight is 197 g/mol. The van der Waals surface area contributed by atoms with Gasteiger partial charge in [-0.3, -0.25) is 0 Å². The van der Waals surface area contributed by atoms with E-state index in [0.29, 0.717) is 5.92 Å². The molecule has 1 aromatic heterocycles. The first-order valence-electron chi connectivity index (χ1n) is 4.99. The van der Waals surface area contributed by atoms with Gasteiger partial charge in [0.2, 0.25) is 0 Å². The standard InChI is InChI=1S/C11H19NO2/c1-7(2)9(6-13)11(12)10-5-4-8(3)14-10/h4-5,7,9,11,13H,6,12H2,1-3H3. The van der Waals surface area contributed by atoms with Gasteiger partial charge in [-0.05, 0) is 25.0 Å². The molecule has 2 atom stereocenters. The quantitative estimate of drug-likeness (QED) is 0.774. The van der Waals surface area contributed by atoms with Gasteiger partial charge in [-0.15, -0.1) is 0 Å². The third kappa shape index (κ3) is 2.36. The van der Waals surface area contributed by atoms with Crippen LogP contribution in [0.1, 0.15) is 31.4 Å². The largest absolute Gasteiger partial charge is 0.465 e. The van der Waals surface area contributed by atoms with E-state index < -0.39 is 0 Å². The van der Waals surface area contributed by atoms with Crippen molar-refractivity contribution in [3.8, 4) is 0 Å². The first-order valence-corrected chi connectivity index (χ1v) is 4.99. The molecule has 0 aliphatic carbocycles. The van der Waals surface area contributed by atoms with Crippen LogP contribution in [0.5, 0.6) is 0 Å². The fourth-order valence-corrected chi connectivity index (χ4v) is 1.58. The number of hydrogen-bond donors (Lipinski definition) is 2. The van der Waals surface area contributed by atoms with E-state index in [-0.39, 0.29) is 18.6 Å². The minimum absolute atomic E-state index is 0.0561. The van der Waals surface area contributed by atoms with Gasteiger partial charge < -0.3 is 15.3 Å². The number of hydrogen-bond acceptors (Lipinski definition) is 3. The zero-order valence-electron chi connectivity index (χ0n) is 9.03. The maximum absolute atomic E-state index is 9.21. The summed E-state index contributed by atoms with van der Waals surface area (Å²) in [6.45, 7) is 6.09. The van der Waals surface area contributed by atoms with Crippen molar-refractivity contribution in [3.63, 3.8) is 0 Å². The molecule has 3 nitrogen and oxygen atoms in total. The highest BCUT2D eigenvalue weighted by Crippen LogP contribution is 2.26. The SMILES string of the molecule is Cc1ccc(C(N)C(CO)C(C)C)o1. The van der Waals surface area contributed by atoms with Crippen LogP contribution in [-0.4, -0.2) is 11.7 Å². The first-order chi connectivity index (χ1) is 6.56. The third-order valence-corrected chi connectivity index (χ3v) is 2.62. The molecule has 80 valence electrons. The van der Waals surface area contributed by atoms with Crippen LogP contribution in [0, 0.1) is 18.8 Å². The maximum Gasteiger partial charge on any atom is 0.121 e. The molecule has 0 aliphatic heterocycles. The van der Waals surface area contributed by atoms with Gasteiger partial charge in [0.15, 0.2) is 0 Å². The van der Waals surface area contributed by atoms with Crippen molar-refractivity contribution in [2.24, 2.45) is 17.6 Å². The van der Waals surface area contributed by atoms with Gasteiger partial charge in [-0.1, -0.05) is 13.8 Å². The van der Waals surface area contributed by atoms with E-state index in [1.165, 1.54) is 0 Å². The second kappa shape index (κ2) is 4.62. The Bertz CT molecular complexity index is 281. The fraction of sp³-hybridized carbons (Fsp3) is 0.636. The highest BCUT2D eigenvalue weighted by Gasteiger charge is 2.24. The smallest absolute Gasteiger partial charge is 0.121 e. The molecular formula is C11H19NO2. The Kier molecular flexibility index (Phi) is 3.72. The molecule has 1 aromatic rings. The highest BCUT2D eigenvalue weighted by atomic mass is 16.3. The van der Waals surface area contributed by atoms with E-state index in [9.17, 15) is 5.11 Å². The van der Waals surface area contributed by atoms with Crippen LogP contribution < -0.4 is 5.73 Å². The molecule has 0 saturated carbocycles. The molecule has 3 heteroatoms. The highest BCUT2D eigenvalue weighted by molar-refractivity contribution is 5.10. The topological polar surface area (TPSA) is 59.4 Å². The average Bonchev–Trinajstić information content (AvgIpc) is 2.52. The number of aryl methyl sites for hydroxylation is 1. The third-order valence-electron chi connectivity index (χ3n) is 2.62. The summed E-state index contributed by atoms with van der Waals surface area (Å²) < 4.78 is 5.44. The van der Waals surface area contributed by atoms with Crippen LogP contribution in [0.3, 0.4) is 0 Å². The number of furan rings is 1. The molecule has 1 rings (SSSR count). The summed E-state index contributed by atoms with van der Waals surface area (Å²) in [7, 11) is 0. The molecule has 0 aliphatic rings. The molecule has 0 amide bonds. The number of aliphatic hydroxyl groups excluding tert-OH is 1. The van der Waals surface area contributed by atoms with Crippen molar-refractivity contribution in [2.45, 2.75) is 26.8 Å². The van der Waals surface area contributed by atoms with E-state index >= 15 is 0 Å². The van der Waals surface area contributed by atoms with E-state index in [1.807, 2.05) is 19.1 Å². The van der Waals surface area contributed by atoms with Gasteiger partial charge in [-0.25, -0.2) is 0 Å². The summed E-state index contributed by atoms with van der Waals surface area (Å²) in [5.74, 6) is 2.02. The molecule has 2 unspecified atom stereocenters. The maximum atomic E-state index is 9.21. The Balaban J connectivity index is 2.77. The van der Waals surface area contributed by atoms with Crippen LogP contribution >= 0.6 is 0 Å². The lowest BCUT2D eigenvalue weighted by molar-refractivity contribution is 0.156. The Morgan fingerprint density at radius 1 is 1.43 bits per heavy atom. The lowest BCUT2D eigenvalue weighted by Gasteiger charge is -2.23. The van der Waals surface area contributed by atoms with Crippen LogP contribution in [-0.2, 0) is 0 Å². The summed E-state index contributed by atoms with van der Waals surface area (Å²) in [5.41, 5.74) is 6.01. The van der Waals surface area contributed by atoms with Gasteiger partial charge >= 0.3 is 0 Å². The zero-order chi connectivity index (χ0) is 10.7. The molecular weight excluding hydrogens is 178 g/mol. The number of nitrogens with two attached hydrogens (primary N) is 1. The summed E-state index contributed by atoms with van der Waals surface area (Å²) in [5, 5.41) is 9.21. The van der Waals surface area contributed by atoms with E-state index in [2.05, 4.69) is 13.8 Å². The molecule has 0 radical (unpaired) electrons. The fourth-order valence-electron chi connectivity index (χ4n) is 1.58. The Morgan fingerprint density at radius 3 is 2.43 bits per heavy atom. The van der Waals surface area contributed by atoms with Crippen LogP contribution in [0.2, 0.25) is 0 Å². The number of rotatable bonds is 4. The zero-order valence-corrected chi connectivity index (χ0v) is 9.03. The second-order valence-electron chi connectivity index (χ2n) is 4.06. The molecule has 0 saturated heterocycles. The number of aliphatic hydroxyl groups is 1. The molecule has 0 fully saturated rings. The Morgan fingerprint density at radius 2 is 2.07 bits per heavy atom. The summed E-state index contributed by atoms with van der Waals surface area (Å²) in [6.07, 6.45) is 0. The second-order valence-corrected chi connectivity index (χ2v) is 4.06. The predicted molar refractivity (Wildman–Crippen MR) is 55.8 cm³/mol. The van der Waals surface area contributed by atoms with Crippen molar-refractivity contribution >= 4 is 0 Å². The first kappa shape index (κ1) is 11.3. The molecule has 0 spiro atoms. The van der Waals surface area contributed by atoms with Gasteiger partial charge in [0.1, 0.15) is 11.5 Å². The van der Waals surface area contributed by atoms with Gasteiger partial charge in [0, 0.05) is 12.5 Å². The summed E-state index contributed by atoms with van der Waals surface area (Å²) in [4.78, 5) is 0. The lowest BCUT2D eigenvalue weighted by atomic mass is 9.88. The van der Waals surface area contributed by atoms with E-state index in [1.54, 1.807) is 0 Å². The van der Waals surface area contributed by atoms with E-state index in [0.717, 1.165) is 11.5 Å². The van der Waals surface area contributed by atoms with Crippen molar-refractivity contribution < 1.29 is 9.52 Å². The lowest BCUT2D eigenvalue weighted by Crippen LogP contribution is -2.28. The molecule has 14 heavy (non-hydrogen) atoms. The Hall–Kier alpha value is -0.800. The van der Waals surface area contributed by atoms with Gasteiger partial charge in [0.05, 0.1) is 6.04 Å². The van der Waals surface area contributed by atoms with Crippen molar-refractivity contribution in [1.29, 1.82) is 0 Å². The predicted octanol–water partition coefficient (Wildman–Crippen LogP) is 1.85. The van der Waals surface area contributed by atoms with Crippen LogP contribution in [0.15, 0.2) is 16.5 Å².